The van der Waals surface area contributed by atoms with E-state index in [0.29, 0.717) is 36.0 Å². The van der Waals surface area contributed by atoms with Crippen molar-refractivity contribution < 1.29 is 9.26 Å². The van der Waals surface area contributed by atoms with Crippen LogP contribution in [0.2, 0.25) is 0 Å². The van der Waals surface area contributed by atoms with Crippen LogP contribution in [0.25, 0.3) is 11.3 Å². The molecule has 0 bridgehead atoms. The molecule has 0 atom stereocenters. The maximum absolute atomic E-state index is 5.92. The summed E-state index contributed by atoms with van der Waals surface area (Å²) in [5.74, 6) is 2.05. The van der Waals surface area contributed by atoms with Crippen molar-refractivity contribution in [2.24, 2.45) is 0 Å². The number of aromatic nitrogens is 3. The predicted molar refractivity (Wildman–Crippen MR) is 116 cm³/mol. The van der Waals surface area contributed by atoms with Gasteiger partial charge in [0, 0.05) is 18.2 Å². The fourth-order valence-corrected chi connectivity index (χ4v) is 3.10. The van der Waals surface area contributed by atoms with Crippen molar-refractivity contribution in [2.75, 3.05) is 11.5 Å². The zero-order valence-electron chi connectivity index (χ0n) is 16.7. The SMILES string of the molecule is CCc1cccc(COc2ccc(Cc3cc(-c4ccc(N)nc4N)on3)cc2)n1. The lowest BCUT2D eigenvalue weighted by Gasteiger charge is -2.07. The first-order valence-corrected chi connectivity index (χ1v) is 9.75. The van der Waals surface area contributed by atoms with Crippen molar-refractivity contribution in [3.8, 4) is 17.1 Å². The third-order valence-corrected chi connectivity index (χ3v) is 4.69. The van der Waals surface area contributed by atoms with E-state index in [-0.39, 0.29) is 0 Å². The highest BCUT2D eigenvalue weighted by Crippen LogP contribution is 2.27. The molecule has 152 valence electrons. The molecule has 4 aromatic rings. The Labute approximate surface area is 174 Å². The largest absolute Gasteiger partial charge is 0.487 e. The quantitative estimate of drug-likeness (QED) is 0.481. The Kier molecular flexibility index (Phi) is 5.61. The van der Waals surface area contributed by atoms with Crippen molar-refractivity contribution in [1.82, 2.24) is 15.1 Å². The zero-order chi connectivity index (χ0) is 20.9. The Balaban J connectivity index is 1.38. The maximum atomic E-state index is 5.92. The first-order chi connectivity index (χ1) is 14.6. The first kappa shape index (κ1) is 19.4. The predicted octanol–water partition coefficient (Wildman–Crippen LogP) is 4.03. The normalized spacial score (nSPS) is 10.8. The van der Waals surface area contributed by atoms with Gasteiger partial charge in [-0.05, 0) is 48.4 Å². The van der Waals surface area contributed by atoms with Gasteiger partial charge < -0.3 is 20.7 Å². The number of hydrogen-bond donors (Lipinski definition) is 2. The molecule has 3 heterocycles. The number of ether oxygens (including phenoxy) is 1. The van der Waals surface area contributed by atoms with E-state index in [1.165, 1.54) is 0 Å². The van der Waals surface area contributed by atoms with Crippen molar-refractivity contribution in [2.45, 2.75) is 26.4 Å². The third-order valence-electron chi connectivity index (χ3n) is 4.69. The molecule has 0 saturated carbocycles. The molecule has 3 aromatic heterocycles. The Bertz CT molecular complexity index is 1140. The van der Waals surface area contributed by atoms with Crippen LogP contribution in [0, 0.1) is 0 Å². The van der Waals surface area contributed by atoms with E-state index in [1.807, 2.05) is 48.5 Å². The highest BCUT2D eigenvalue weighted by molar-refractivity contribution is 5.71. The van der Waals surface area contributed by atoms with Crippen LogP contribution in [-0.2, 0) is 19.4 Å². The fourth-order valence-electron chi connectivity index (χ4n) is 3.10. The third kappa shape index (κ3) is 4.57. The van der Waals surface area contributed by atoms with Crippen LogP contribution in [0.1, 0.15) is 29.6 Å². The van der Waals surface area contributed by atoms with Gasteiger partial charge in [0.15, 0.2) is 5.76 Å². The molecule has 0 aliphatic rings. The highest BCUT2D eigenvalue weighted by atomic mass is 16.5. The van der Waals surface area contributed by atoms with Crippen LogP contribution in [0.5, 0.6) is 5.75 Å². The van der Waals surface area contributed by atoms with E-state index in [1.54, 1.807) is 12.1 Å². The van der Waals surface area contributed by atoms with Gasteiger partial charge in [-0.1, -0.05) is 30.3 Å². The molecule has 7 nitrogen and oxygen atoms in total. The van der Waals surface area contributed by atoms with Gasteiger partial charge in [0.25, 0.3) is 0 Å². The van der Waals surface area contributed by atoms with Gasteiger partial charge in [-0.25, -0.2) is 4.98 Å². The van der Waals surface area contributed by atoms with Crippen molar-refractivity contribution in [3.05, 3.63) is 83.3 Å². The van der Waals surface area contributed by atoms with Gasteiger partial charge >= 0.3 is 0 Å². The van der Waals surface area contributed by atoms with Crippen LogP contribution in [0.3, 0.4) is 0 Å². The summed E-state index contributed by atoms with van der Waals surface area (Å²) < 4.78 is 11.3. The topological polar surface area (TPSA) is 113 Å². The number of pyridine rings is 2. The minimum atomic E-state index is 0.318. The summed E-state index contributed by atoms with van der Waals surface area (Å²) in [5, 5.41) is 4.14. The summed E-state index contributed by atoms with van der Waals surface area (Å²) >= 11 is 0. The molecule has 0 amide bonds. The summed E-state index contributed by atoms with van der Waals surface area (Å²) in [5.41, 5.74) is 16.1. The molecule has 0 spiro atoms. The molecular formula is C23H23N5O2. The summed E-state index contributed by atoms with van der Waals surface area (Å²) in [6, 6.07) is 19.2. The van der Waals surface area contributed by atoms with Gasteiger partial charge in [0.05, 0.1) is 17.0 Å². The number of anilines is 2. The maximum Gasteiger partial charge on any atom is 0.170 e. The van der Waals surface area contributed by atoms with Crippen molar-refractivity contribution in [1.29, 1.82) is 0 Å². The summed E-state index contributed by atoms with van der Waals surface area (Å²) in [4.78, 5) is 8.61. The van der Waals surface area contributed by atoms with E-state index in [4.69, 9.17) is 20.7 Å². The molecule has 0 aliphatic carbocycles. The van der Waals surface area contributed by atoms with Crippen LogP contribution >= 0.6 is 0 Å². The molecule has 30 heavy (non-hydrogen) atoms. The monoisotopic (exact) mass is 401 g/mol. The lowest BCUT2D eigenvalue weighted by molar-refractivity contribution is 0.301. The van der Waals surface area contributed by atoms with E-state index in [9.17, 15) is 0 Å². The van der Waals surface area contributed by atoms with E-state index >= 15 is 0 Å². The summed E-state index contributed by atoms with van der Waals surface area (Å²) in [6.45, 7) is 2.53. The lowest BCUT2D eigenvalue weighted by Crippen LogP contribution is -2.00. The van der Waals surface area contributed by atoms with Crippen LogP contribution < -0.4 is 16.2 Å². The molecule has 0 aliphatic heterocycles. The second kappa shape index (κ2) is 8.65. The summed E-state index contributed by atoms with van der Waals surface area (Å²) in [7, 11) is 0. The number of hydrogen-bond acceptors (Lipinski definition) is 7. The summed E-state index contributed by atoms with van der Waals surface area (Å²) in [6.07, 6.45) is 1.54. The van der Waals surface area contributed by atoms with Crippen LogP contribution in [-0.4, -0.2) is 15.1 Å². The molecule has 0 unspecified atom stereocenters. The smallest absolute Gasteiger partial charge is 0.170 e. The molecule has 4 N–H and O–H groups in total. The van der Waals surface area contributed by atoms with E-state index in [0.717, 1.165) is 34.8 Å². The fraction of sp³-hybridized carbons (Fsp3) is 0.174. The molecule has 0 fully saturated rings. The molecular weight excluding hydrogens is 378 g/mol. The number of nitrogen functional groups attached to an aromatic ring is 2. The average Bonchev–Trinajstić information content (AvgIpc) is 3.21. The van der Waals surface area contributed by atoms with Gasteiger partial charge in [-0.15, -0.1) is 0 Å². The lowest BCUT2D eigenvalue weighted by atomic mass is 10.1. The first-order valence-electron chi connectivity index (χ1n) is 9.75. The Morgan fingerprint density at radius 2 is 1.70 bits per heavy atom. The second-order valence-corrected chi connectivity index (χ2v) is 6.93. The van der Waals surface area contributed by atoms with Crippen molar-refractivity contribution in [3.63, 3.8) is 0 Å². The second-order valence-electron chi connectivity index (χ2n) is 6.93. The van der Waals surface area contributed by atoms with Crippen LogP contribution in [0.15, 0.2) is 65.2 Å². The molecule has 0 radical (unpaired) electrons. The molecule has 0 saturated heterocycles. The number of benzene rings is 1. The highest BCUT2D eigenvalue weighted by Gasteiger charge is 2.11. The Morgan fingerprint density at radius 3 is 2.47 bits per heavy atom. The number of rotatable bonds is 7. The molecule has 1 aromatic carbocycles. The van der Waals surface area contributed by atoms with Gasteiger partial charge in [0.2, 0.25) is 0 Å². The van der Waals surface area contributed by atoms with Crippen LogP contribution in [0.4, 0.5) is 11.6 Å². The Morgan fingerprint density at radius 1 is 0.900 bits per heavy atom. The molecule has 4 rings (SSSR count). The molecule has 7 heteroatoms. The number of nitrogens with two attached hydrogens (primary N) is 2. The minimum absolute atomic E-state index is 0.318. The zero-order valence-corrected chi connectivity index (χ0v) is 16.7. The average molecular weight is 401 g/mol. The van der Waals surface area contributed by atoms with E-state index < -0.39 is 0 Å². The minimum Gasteiger partial charge on any atom is -0.487 e. The van der Waals surface area contributed by atoms with Crippen molar-refractivity contribution >= 4 is 11.6 Å². The number of nitrogens with zero attached hydrogens (tertiary/aromatic N) is 3. The standard InChI is InChI=1S/C23H23N5O2/c1-2-16-4-3-5-17(26-16)14-29-19-8-6-15(7-9-19)12-18-13-21(30-28-18)20-10-11-22(24)27-23(20)25/h3-11,13H,2,12,14H2,1H3,(H4,24,25,27). The van der Waals surface area contributed by atoms with E-state index in [2.05, 4.69) is 22.0 Å². The number of aryl methyl sites for hydroxylation is 1. The van der Waals surface area contributed by atoms with Gasteiger partial charge in [-0.3, -0.25) is 4.98 Å². The Hall–Kier alpha value is -3.87. The van der Waals surface area contributed by atoms with Gasteiger partial charge in [0.1, 0.15) is 24.0 Å². The van der Waals surface area contributed by atoms with Gasteiger partial charge in [-0.2, -0.15) is 0 Å².